The fourth-order valence-corrected chi connectivity index (χ4v) is 2.93. The van der Waals surface area contributed by atoms with Crippen LogP contribution in [0.2, 0.25) is 0 Å². The highest BCUT2D eigenvalue weighted by Crippen LogP contribution is 2.26. The van der Waals surface area contributed by atoms with Crippen LogP contribution in [0.25, 0.3) is 0 Å². The SMILES string of the molecule is CC(C)(CS(=O)(=O)O)c1cccc(Br)c1. The molecule has 0 fully saturated rings. The van der Waals surface area contributed by atoms with Gasteiger partial charge in [-0.25, -0.2) is 0 Å². The topological polar surface area (TPSA) is 54.4 Å². The molecule has 0 aliphatic heterocycles. The first-order chi connectivity index (χ1) is 6.71. The summed E-state index contributed by atoms with van der Waals surface area (Å²) in [6.45, 7) is 3.56. The second-order valence-corrected chi connectivity index (χ2v) is 6.49. The minimum Gasteiger partial charge on any atom is -0.286 e. The summed E-state index contributed by atoms with van der Waals surface area (Å²) < 4.78 is 31.4. The minimum atomic E-state index is -3.96. The van der Waals surface area contributed by atoms with E-state index >= 15 is 0 Å². The molecule has 0 bridgehead atoms. The fourth-order valence-electron chi connectivity index (χ4n) is 1.45. The summed E-state index contributed by atoms with van der Waals surface area (Å²) in [5.74, 6) is -0.281. The van der Waals surface area contributed by atoms with Crippen LogP contribution in [0.3, 0.4) is 0 Å². The van der Waals surface area contributed by atoms with E-state index in [9.17, 15) is 8.42 Å². The van der Waals surface area contributed by atoms with Gasteiger partial charge < -0.3 is 0 Å². The predicted molar refractivity (Wildman–Crippen MR) is 63.6 cm³/mol. The van der Waals surface area contributed by atoms with Crippen LogP contribution in [0.5, 0.6) is 0 Å². The summed E-state index contributed by atoms with van der Waals surface area (Å²) in [7, 11) is -3.96. The lowest BCUT2D eigenvalue weighted by Crippen LogP contribution is -2.27. The number of hydrogen-bond acceptors (Lipinski definition) is 2. The Morgan fingerprint density at radius 3 is 2.47 bits per heavy atom. The Bertz CT molecular complexity index is 451. The van der Waals surface area contributed by atoms with Crippen LogP contribution < -0.4 is 0 Å². The van der Waals surface area contributed by atoms with Gasteiger partial charge in [-0.1, -0.05) is 41.9 Å². The Morgan fingerprint density at radius 1 is 1.40 bits per heavy atom. The second-order valence-electron chi connectivity index (χ2n) is 4.12. The molecule has 0 aromatic heterocycles. The van der Waals surface area contributed by atoms with Crippen molar-refractivity contribution in [2.24, 2.45) is 0 Å². The summed E-state index contributed by atoms with van der Waals surface area (Å²) >= 11 is 3.32. The van der Waals surface area contributed by atoms with Crippen molar-refractivity contribution in [1.29, 1.82) is 0 Å². The predicted octanol–water partition coefficient (Wildman–Crippen LogP) is 2.61. The largest absolute Gasteiger partial charge is 0.286 e. The maximum absolute atomic E-state index is 10.8. The highest BCUT2D eigenvalue weighted by atomic mass is 79.9. The third-order valence-corrected chi connectivity index (χ3v) is 3.73. The molecule has 0 heterocycles. The first kappa shape index (κ1) is 12.7. The standard InChI is InChI=1S/C10H13BrO3S/c1-10(2,7-15(12,13)14)8-4-3-5-9(11)6-8/h3-6H,7H2,1-2H3,(H,12,13,14). The molecule has 0 spiro atoms. The van der Waals surface area contributed by atoms with E-state index < -0.39 is 15.5 Å². The quantitative estimate of drug-likeness (QED) is 0.872. The lowest BCUT2D eigenvalue weighted by molar-refractivity contribution is 0.460. The van der Waals surface area contributed by atoms with E-state index in [0.717, 1.165) is 10.0 Å². The molecule has 1 rings (SSSR count). The van der Waals surface area contributed by atoms with Crippen LogP contribution in [0.4, 0.5) is 0 Å². The number of hydrogen-bond donors (Lipinski definition) is 1. The van der Waals surface area contributed by atoms with Crippen molar-refractivity contribution < 1.29 is 13.0 Å². The lowest BCUT2D eigenvalue weighted by Gasteiger charge is -2.23. The van der Waals surface area contributed by atoms with Gasteiger partial charge >= 0.3 is 0 Å². The van der Waals surface area contributed by atoms with E-state index in [0.29, 0.717) is 0 Å². The molecule has 0 radical (unpaired) electrons. The van der Waals surface area contributed by atoms with Crippen LogP contribution in [-0.2, 0) is 15.5 Å². The molecule has 1 N–H and O–H groups in total. The van der Waals surface area contributed by atoms with Gasteiger partial charge in [0.05, 0.1) is 5.75 Å². The van der Waals surface area contributed by atoms with E-state index in [4.69, 9.17) is 4.55 Å². The Morgan fingerprint density at radius 2 is 2.00 bits per heavy atom. The zero-order valence-electron chi connectivity index (χ0n) is 8.57. The second kappa shape index (κ2) is 4.23. The highest BCUT2D eigenvalue weighted by molar-refractivity contribution is 9.10. The number of rotatable bonds is 3. The molecular formula is C10H13BrO3S. The van der Waals surface area contributed by atoms with Crippen LogP contribution in [0.1, 0.15) is 19.4 Å². The highest BCUT2D eigenvalue weighted by Gasteiger charge is 2.26. The van der Waals surface area contributed by atoms with Crippen LogP contribution in [0.15, 0.2) is 28.7 Å². The van der Waals surface area contributed by atoms with Crippen molar-refractivity contribution in [2.45, 2.75) is 19.3 Å². The van der Waals surface area contributed by atoms with E-state index in [1.165, 1.54) is 0 Å². The van der Waals surface area contributed by atoms with E-state index in [2.05, 4.69) is 15.9 Å². The molecule has 0 atom stereocenters. The zero-order valence-corrected chi connectivity index (χ0v) is 11.0. The number of halogens is 1. The zero-order chi connectivity index (χ0) is 11.7. The van der Waals surface area contributed by atoms with Gasteiger partial charge in [-0.15, -0.1) is 0 Å². The van der Waals surface area contributed by atoms with Crippen molar-refractivity contribution in [2.75, 3.05) is 5.75 Å². The molecule has 0 aliphatic rings. The average molecular weight is 293 g/mol. The lowest BCUT2D eigenvalue weighted by atomic mass is 9.87. The van der Waals surface area contributed by atoms with Crippen LogP contribution >= 0.6 is 15.9 Å². The van der Waals surface area contributed by atoms with E-state index in [1.807, 2.05) is 24.3 Å². The van der Waals surface area contributed by atoms with Gasteiger partial charge in [-0.05, 0) is 17.7 Å². The number of benzene rings is 1. The Hall–Kier alpha value is -0.390. The first-order valence-corrected chi connectivity index (χ1v) is 6.82. The maximum atomic E-state index is 10.8. The van der Waals surface area contributed by atoms with Gasteiger partial charge in [0.15, 0.2) is 0 Å². The summed E-state index contributed by atoms with van der Waals surface area (Å²) in [5, 5.41) is 0. The first-order valence-electron chi connectivity index (χ1n) is 4.42. The summed E-state index contributed by atoms with van der Waals surface area (Å²) in [4.78, 5) is 0. The van der Waals surface area contributed by atoms with Crippen LogP contribution in [0, 0.1) is 0 Å². The van der Waals surface area contributed by atoms with Crippen molar-refractivity contribution in [3.8, 4) is 0 Å². The van der Waals surface area contributed by atoms with E-state index in [1.54, 1.807) is 13.8 Å². The Balaban J connectivity index is 3.06. The van der Waals surface area contributed by atoms with Crippen molar-refractivity contribution >= 4 is 26.0 Å². The molecule has 3 nitrogen and oxygen atoms in total. The molecule has 0 saturated heterocycles. The summed E-state index contributed by atoms with van der Waals surface area (Å²) in [6.07, 6.45) is 0. The smallest absolute Gasteiger partial charge is 0.265 e. The van der Waals surface area contributed by atoms with Gasteiger partial charge in [0.25, 0.3) is 10.1 Å². The van der Waals surface area contributed by atoms with Crippen LogP contribution in [-0.4, -0.2) is 18.7 Å². The molecule has 0 amide bonds. The Labute approximate surface area is 98.4 Å². The normalized spacial score (nSPS) is 12.8. The molecule has 1 aromatic carbocycles. The van der Waals surface area contributed by atoms with Gasteiger partial charge in [0, 0.05) is 9.89 Å². The molecule has 0 unspecified atom stereocenters. The molecular weight excluding hydrogens is 280 g/mol. The molecule has 84 valence electrons. The summed E-state index contributed by atoms with van der Waals surface area (Å²) in [5.41, 5.74) is 0.270. The van der Waals surface area contributed by atoms with Crippen molar-refractivity contribution in [1.82, 2.24) is 0 Å². The molecule has 1 aromatic rings. The molecule has 0 aliphatic carbocycles. The average Bonchev–Trinajstić information content (AvgIpc) is 1.99. The molecule has 15 heavy (non-hydrogen) atoms. The van der Waals surface area contributed by atoms with Gasteiger partial charge in [0.2, 0.25) is 0 Å². The summed E-state index contributed by atoms with van der Waals surface area (Å²) in [6, 6.07) is 7.40. The van der Waals surface area contributed by atoms with Crippen molar-refractivity contribution in [3.63, 3.8) is 0 Å². The Kier molecular flexibility index (Phi) is 3.58. The van der Waals surface area contributed by atoms with Gasteiger partial charge in [0.1, 0.15) is 0 Å². The third-order valence-electron chi connectivity index (χ3n) is 2.15. The molecule has 0 saturated carbocycles. The fraction of sp³-hybridized carbons (Fsp3) is 0.400. The van der Waals surface area contributed by atoms with E-state index in [-0.39, 0.29) is 5.75 Å². The maximum Gasteiger partial charge on any atom is 0.265 e. The molecule has 5 heteroatoms. The third kappa shape index (κ3) is 3.93. The van der Waals surface area contributed by atoms with Gasteiger partial charge in [-0.2, -0.15) is 8.42 Å². The van der Waals surface area contributed by atoms with Crippen molar-refractivity contribution in [3.05, 3.63) is 34.3 Å². The monoisotopic (exact) mass is 292 g/mol. The van der Waals surface area contributed by atoms with Gasteiger partial charge in [-0.3, -0.25) is 4.55 Å². The minimum absolute atomic E-state index is 0.281.